The van der Waals surface area contributed by atoms with Crippen LogP contribution in [0.15, 0.2) is 48.0 Å². The molecule has 2 atom stereocenters. The molecule has 36 heavy (non-hydrogen) atoms. The summed E-state index contributed by atoms with van der Waals surface area (Å²) in [6.45, 7) is 2.32. The summed E-state index contributed by atoms with van der Waals surface area (Å²) in [5, 5.41) is 5.76. The average molecular weight is 593 g/mol. The molecule has 3 rings (SSSR count). The van der Waals surface area contributed by atoms with Gasteiger partial charge in [-0.2, -0.15) is 0 Å². The van der Waals surface area contributed by atoms with Gasteiger partial charge in [0, 0.05) is 26.0 Å². The highest BCUT2D eigenvalue weighted by Gasteiger charge is 2.41. The Hall–Kier alpha value is -2.10. The number of hydrogen-bond donors (Lipinski definition) is 2. The van der Waals surface area contributed by atoms with Crippen LogP contribution >= 0.6 is 53.7 Å². The fraction of sp³-hybridized carbons (Fsp3) is 0.217. The first kappa shape index (κ1) is 28.5. The number of fused-ring (bicyclic) bond motifs is 1. The second-order valence-electron chi connectivity index (χ2n) is 7.65. The van der Waals surface area contributed by atoms with Crippen molar-refractivity contribution in [2.24, 2.45) is 0 Å². The highest BCUT2D eigenvalue weighted by molar-refractivity contribution is 7.54. The van der Waals surface area contributed by atoms with Gasteiger partial charge in [-0.1, -0.05) is 34.8 Å². The first-order chi connectivity index (χ1) is 17.0. The molecule has 2 aromatic carbocycles. The molecule has 0 spiro atoms. The largest absolute Gasteiger partial charge is 0.510 e. The Kier molecular flexibility index (Phi) is 9.83. The fourth-order valence-corrected chi connectivity index (χ4v) is 6.19. The molecule has 0 saturated heterocycles. The van der Waals surface area contributed by atoms with E-state index in [1.54, 1.807) is 55.6 Å². The third-order valence-corrected chi connectivity index (χ3v) is 7.86. The zero-order valence-electron chi connectivity index (χ0n) is 18.9. The lowest BCUT2D eigenvalue weighted by Crippen LogP contribution is -2.26. The Morgan fingerprint density at radius 3 is 2.47 bits per heavy atom. The SMILES string of the molecule is CC(C)OC(=O)OCOP(=O)(O)C(C(=O)NC=Cc1cc(Cl)cc(Cl)c1)c1csc2ccc(Cl)cc12. The minimum Gasteiger partial charge on any atom is -0.432 e. The molecule has 8 nitrogen and oxygen atoms in total. The zero-order valence-corrected chi connectivity index (χ0v) is 22.9. The minimum atomic E-state index is -4.74. The van der Waals surface area contributed by atoms with Crippen LogP contribution in [0.5, 0.6) is 0 Å². The second-order valence-corrected chi connectivity index (χ2v) is 11.8. The summed E-state index contributed by atoms with van der Waals surface area (Å²) in [4.78, 5) is 35.6. The molecule has 0 saturated carbocycles. The number of halogens is 3. The highest BCUT2D eigenvalue weighted by Crippen LogP contribution is 2.58. The summed E-state index contributed by atoms with van der Waals surface area (Å²) in [5.74, 6) is -0.838. The summed E-state index contributed by atoms with van der Waals surface area (Å²) in [5.41, 5.74) is -0.843. The van der Waals surface area contributed by atoms with E-state index in [2.05, 4.69) is 5.32 Å². The van der Waals surface area contributed by atoms with Gasteiger partial charge in [-0.3, -0.25) is 13.9 Å². The first-order valence-electron chi connectivity index (χ1n) is 10.4. The van der Waals surface area contributed by atoms with Crippen molar-refractivity contribution in [1.82, 2.24) is 5.32 Å². The van der Waals surface area contributed by atoms with E-state index in [0.717, 1.165) is 4.70 Å². The van der Waals surface area contributed by atoms with Gasteiger partial charge in [-0.05, 0) is 78.2 Å². The standard InChI is InChI=1S/C23H21Cl3NO7PS/c1-13(2)34-23(29)32-12-33-35(30,31)21(19-11-36-20-4-3-15(24)10-18(19)20)22(28)27-6-5-14-7-16(25)9-17(26)8-14/h3-11,13,21H,12H2,1-2H3,(H,27,28)(H,30,31). The Balaban J connectivity index is 1.87. The maximum absolute atomic E-state index is 13.3. The third-order valence-electron chi connectivity index (χ3n) is 4.57. The number of ether oxygens (including phenoxy) is 2. The lowest BCUT2D eigenvalue weighted by atomic mass is 10.1. The molecule has 1 amide bonds. The molecule has 1 heterocycles. The van der Waals surface area contributed by atoms with Crippen molar-refractivity contribution < 1.29 is 33.0 Å². The summed E-state index contributed by atoms with van der Waals surface area (Å²) >= 11 is 19.4. The van der Waals surface area contributed by atoms with Gasteiger partial charge in [-0.15, -0.1) is 11.3 Å². The van der Waals surface area contributed by atoms with Crippen LogP contribution in [0.4, 0.5) is 4.79 Å². The summed E-state index contributed by atoms with van der Waals surface area (Å²) in [6.07, 6.45) is 1.26. The smallest absolute Gasteiger partial charge is 0.432 e. The van der Waals surface area contributed by atoms with Crippen LogP contribution in [0.2, 0.25) is 15.1 Å². The Morgan fingerprint density at radius 1 is 1.11 bits per heavy atom. The molecule has 3 aromatic rings. The number of rotatable bonds is 9. The molecule has 0 aliphatic carbocycles. The topological polar surface area (TPSA) is 111 Å². The van der Waals surface area contributed by atoms with E-state index < -0.39 is 38.2 Å². The summed E-state index contributed by atoms with van der Waals surface area (Å²) in [7, 11) is -4.74. The average Bonchev–Trinajstić information content (AvgIpc) is 3.14. The minimum absolute atomic E-state index is 0.227. The monoisotopic (exact) mass is 591 g/mol. The zero-order chi connectivity index (χ0) is 26.5. The molecule has 13 heteroatoms. The van der Waals surface area contributed by atoms with Crippen molar-refractivity contribution in [2.45, 2.75) is 25.6 Å². The summed E-state index contributed by atoms with van der Waals surface area (Å²) < 4.78 is 28.5. The normalized spacial score (nSPS) is 14.1. The van der Waals surface area contributed by atoms with Crippen molar-refractivity contribution in [3.63, 3.8) is 0 Å². The lowest BCUT2D eigenvalue weighted by molar-refractivity contribution is -0.120. The quantitative estimate of drug-likeness (QED) is 0.151. The van der Waals surface area contributed by atoms with Crippen LogP contribution in [-0.4, -0.2) is 29.9 Å². The molecule has 0 radical (unpaired) electrons. The predicted molar refractivity (Wildman–Crippen MR) is 142 cm³/mol. The molecule has 192 valence electrons. The van der Waals surface area contributed by atoms with E-state index in [1.165, 1.54) is 23.6 Å². The number of nitrogens with one attached hydrogen (secondary N) is 1. The van der Waals surface area contributed by atoms with Gasteiger partial charge in [0.25, 0.3) is 0 Å². The third kappa shape index (κ3) is 7.70. The fourth-order valence-electron chi connectivity index (χ4n) is 3.12. The highest BCUT2D eigenvalue weighted by atomic mass is 35.5. The van der Waals surface area contributed by atoms with E-state index in [-0.39, 0.29) is 5.56 Å². The lowest BCUT2D eigenvalue weighted by Gasteiger charge is -2.21. The number of carbonyl (C=O) groups excluding carboxylic acids is 2. The van der Waals surface area contributed by atoms with E-state index in [0.29, 0.717) is 26.0 Å². The molecular formula is C23H21Cl3NO7PS. The van der Waals surface area contributed by atoms with Crippen LogP contribution in [0.3, 0.4) is 0 Å². The van der Waals surface area contributed by atoms with Crippen LogP contribution in [0, 0.1) is 0 Å². The van der Waals surface area contributed by atoms with Crippen molar-refractivity contribution >= 4 is 82.0 Å². The van der Waals surface area contributed by atoms with Gasteiger partial charge in [0.05, 0.1) is 6.10 Å². The van der Waals surface area contributed by atoms with Gasteiger partial charge in [0.15, 0.2) is 5.66 Å². The van der Waals surface area contributed by atoms with E-state index in [9.17, 15) is 19.0 Å². The van der Waals surface area contributed by atoms with Crippen molar-refractivity contribution in [3.05, 3.63) is 74.2 Å². The number of amides is 1. The predicted octanol–water partition coefficient (Wildman–Crippen LogP) is 7.41. The van der Waals surface area contributed by atoms with Crippen molar-refractivity contribution in [2.75, 3.05) is 6.79 Å². The van der Waals surface area contributed by atoms with Crippen LogP contribution in [0.25, 0.3) is 16.2 Å². The van der Waals surface area contributed by atoms with E-state index in [4.69, 9.17) is 48.8 Å². The molecule has 2 unspecified atom stereocenters. The Labute approximate surface area is 226 Å². The number of thiophene rings is 1. The van der Waals surface area contributed by atoms with Gasteiger partial charge < -0.3 is 19.7 Å². The number of benzene rings is 2. The van der Waals surface area contributed by atoms with Gasteiger partial charge >= 0.3 is 13.8 Å². The number of carbonyl (C=O) groups is 2. The second kappa shape index (κ2) is 12.4. The Bertz CT molecular complexity index is 1320. The van der Waals surface area contributed by atoms with Crippen LogP contribution in [-0.2, 0) is 23.4 Å². The Morgan fingerprint density at radius 2 is 1.81 bits per heavy atom. The van der Waals surface area contributed by atoms with Crippen molar-refractivity contribution in [1.29, 1.82) is 0 Å². The van der Waals surface area contributed by atoms with Crippen molar-refractivity contribution in [3.8, 4) is 0 Å². The molecule has 0 fully saturated rings. The van der Waals surface area contributed by atoms with Gasteiger partial charge in [0.2, 0.25) is 12.7 Å². The summed E-state index contributed by atoms with van der Waals surface area (Å²) in [6, 6.07) is 9.79. The molecule has 1 aromatic heterocycles. The van der Waals surface area contributed by atoms with E-state index >= 15 is 0 Å². The maximum atomic E-state index is 13.3. The molecular weight excluding hydrogens is 572 g/mol. The first-order valence-corrected chi connectivity index (χ1v) is 14.0. The van der Waals surface area contributed by atoms with Gasteiger partial charge in [-0.25, -0.2) is 4.79 Å². The molecule has 0 bridgehead atoms. The maximum Gasteiger partial charge on any atom is 0.510 e. The molecule has 0 aliphatic heterocycles. The molecule has 0 aliphatic rings. The number of hydrogen-bond acceptors (Lipinski definition) is 7. The van der Waals surface area contributed by atoms with Crippen LogP contribution < -0.4 is 5.32 Å². The molecule has 2 N–H and O–H groups in total. The van der Waals surface area contributed by atoms with Gasteiger partial charge in [0.1, 0.15) is 0 Å². The van der Waals surface area contributed by atoms with Crippen LogP contribution in [0.1, 0.15) is 30.6 Å². The van der Waals surface area contributed by atoms with E-state index in [1.807, 2.05) is 0 Å².